The van der Waals surface area contributed by atoms with Gasteiger partial charge in [-0.15, -0.1) is 0 Å². The van der Waals surface area contributed by atoms with Crippen LogP contribution in [0.2, 0.25) is 0 Å². The molecule has 6 rings (SSSR count). The van der Waals surface area contributed by atoms with Crippen LogP contribution in [0.15, 0.2) is 28.7 Å². The highest BCUT2D eigenvalue weighted by atomic mass is 16.5. The highest BCUT2D eigenvalue weighted by Gasteiger charge is 2.63. The predicted octanol–water partition coefficient (Wildman–Crippen LogP) is 0.236. The van der Waals surface area contributed by atoms with Gasteiger partial charge in [-0.05, 0) is 57.3 Å². The van der Waals surface area contributed by atoms with Crippen molar-refractivity contribution in [3.05, 3.63) is 39.9 Å². The van der Waals surface area contributed by atoms with Gasteiger partial charge >= 0.3 is 0 Å². The summed E-state index contributed by atoms with van der Waals surface area (Å²) in [5, 5.41) is 48.6. The van der Waals surface area contributed by atoms with Crippen molar-refractivity contribution >= 4 is 34.8 Å². The first-order valence-electron chi connectivity index (χ1n) is 15.5. The number of Topliss-reactive ketones (excluding diaryl/α,β-unsaturated/α-hetero) is 2. The van der Waals surface area contributed by atoms with E-state index in [1.54, 1.807) is 39.2 Å². The van der Waals surface area contributed by atoms with Crippen LogP contribution < -0.4 is 16.0 Å². The van der Waals surface area contributed by atoms with Gasteiger partial charge in [0.15, 0.2) is 17.1 Å². The molecule has 0 saturated carbocycles. The summed E-state index contributed by atoms with van der Waals surface area (Å²) in [5.74, 6) is -7.83. The third-order valence-corrected chi connectivity index (χ3v) is 10.4. The van der Waals surface area contributed by atoms with Crippen molar-refractivity contribution in [2.45, 2.75) is 43.4 Å². The number of nitrogens with zero attached hydrogens (tertiary/aromatic N) is 3. The number of ether oxygens (including phenoxy) is 1. The maximum atomic E-state index is 14.2. The van der Waals surface area contributed by atoms with Gasteiger partial charge in [0.25, 0.3) is 5.91 Å². The normalized spacial score (nSPS) is 28.9. The van der Waals surface area contributed by atoms with Gasteiger partial charge in [0.05, 0.1) is 23.2 Å². The number of ketones is 2. The molecule has 2 aliphatic heterocycles. The summed E-state index contributed by atoms with van der Waals surface area (Å²) in [7, 11) is 6.69. The summed E-state index contributed by atoms with van der Waals surface area (Å²) < 4.78 is 5.43. The molecule has 0 bridgehead atoms. The molecule has 14 heteroatoms. The molecule has 2 heterocycles. The van der Waals surface area contributed by atoms with Crippen LogP contribution in [0.5, 0.6) is 5.75 Å². The Morgan fingerprint density at radius 3 is 2.33 bits per heavy atom. The molecule has 1 aromatic rings. The number of likely N-dealkylation sites (N-methyl/N-ethyl adjacent to an activating group) is 1. The number of aromatic hydroxyl groups is 1. The Hall–Kier alpha value is -3.98. The fourth-order valence-electron chi connectivity index (χ4n) is 8.05. The van der Waals surface area contributed by atoms with E-state index in [1.165, 1.54) is 4.90 Å². The van der Waals surface area contributed by atoms with E-state index in [4.69, 9.17) is 10.5 Å². The Morgan fingerprint density at radius 2 is 1.74 bits per heavy atom. The largest absolute Gasteiger partial charge is 0.510 e. The fraction of sp³-hybridized carbons (Fsp3) is 0.562. The molecule has 1 aromatic carbocycles. The molecular weight excluding hydrogens is 598 g/mol. The summed E-state index contributed by atoms with van der Waals surface area (Å²) in [6.07, 6.45) is 1.96. The summed E-state index contributed by atoms with van der Waals surface area (Å²) in [4.78, 5) is 58.8. The van der Waals surface area contributed by atoms with Crippen molar-refractivity contribution in [1.82, 2.24) is 9.80 Å². The molecule has 14 nitrogen and oxygen atoms in total. The molecule has 0 radical (unpaired) electrons. The number of amides is 2. The number of fused-ring (bicyclic) bond motifs is 3. The molecule has 2 saturated heterocycles. The minimum Gasteiger partial charge on any atom is -0.510 e. The van der Waals surface area contributed by atoms with Crippen LogP contribution >= 0.6 is 0 Å². The number of anilines is 2. The van der Waals surface area contributed by atoms with Crippen molar-refractivity contribution < 1.29 is 44.3 Å². The molecule has 7 N–H and O–H groups in total. The third-order valence-electron chi connectivity index (χ3n) is 10.4. The topological polar surface area (TPSA) is 206 Å². The van der Waals surface area contributed by atoms with E-state index >= 15 is 0 Å². The number of aliphatic hydroxyl groups is 3. The van der Waals surface area contributed by atoms with E-state index < -0.39 is 63.8 Å². The van der Waals surface area contributed by atoms with E-state index in [1.807, 2.05) is 0 Å². The van der Waals surface area contributed by atoms with E-state index in [-0.39, 0.29) is 41.5 Å². The quantitative estimate of drug-likeness (QED) is 0.183. The maximum Gasteiger partial charge on any atom is 0.255 e. The molecule has 3 aliphatic carbocycles. The maximum absolute atomic E-state index is 14.2. The molecule has 4 atom stereocenters. The number of rotatable bonds is 6. The lowest BCUT2D eigenvalue weighted by molar-refractivity contribution is -0.148. The number of nitrogens with two attached hydrogens (primary N) is 1. The number of hydrogen-bond acceptors (Lipinski definition) is 12. The zero-order valence-corrected chi connectivity index (χ0v) is 26.4. The Labute approximate surface area is 266 Å². The van der Waals surface area contributed by atoms with Crippen molar-refractivity contribution in [2.75, 3.05) is 64.7 Å². The Kier molecular flexibility index (Phi) is 7.90. The minimum atomic E-state index is -2.73. The smallest absolute Gasteiger partial charge is 0.255 e. The first-order chi connectivity index (χ1) is 21.7. The lowest BCUT2D eigenvalue weighted by Crippen LogP contribution is -2.63. The standard InChI is InChI=1S/C32H41N5O9/c1-35(2)20-11-19(34-31(44)15-12-37(13-15)16-5-7-46-8-6-16)25(38)22-17(20)9-14-10-18-24(36(3)4)27(40)23(30(33)43)29(42)32(18,45)28(41)21(14)26(22)39/h11,14-16,18,24,38,40-41,45H,5-10,12-13H2,1-4H3,(H2,33,43)(H,34,44)/t14-,18-,24-,32-/m0/s1. The zero-order valence-electron chi connectivity index (χ0n) is 26.4. The number of hydrogen-bond donors (Lipinski definition) is 6. The number of allylic oxidation sites excluding steroid dienone is 1. The second-order valence-corrected chi connectivity index (χ2v) is 13.5. The first kappa shape index (κ1) is 32.0. The van der Waals surface area contributed by atoms with Gasteiger partial charge < -0.3 is 41.1 Å². The lowest BCUT2D eigenvalue weighted by Gasteiger charge is -2.50. The number of aliphatic hydroxyl groups excluding tert-OH is 2. The SMILES string of the molecule is CN(C)c1cc(NC(=O)C2CN(C3CCOCC3)C2)c(O)c2c1C[C@H]1C[C@H]3[C@H](N(C)C)C(O)=C(C(N)=O)C(=O)[C@@]3(O)C(O)=C1C2=O. The number of likely N-dealkylation sites (tertiary alicyclic amines) is 1. The van der Waals surface area contributed by atoms with Gasteiger partial charge in [0.1, 0.15) is 17.1 Å². The summed E-state index contributed by atoms with van der Waals surface area (Å²) in [5.41, 5.74) is 2.49. The molecule has 0 spiro atoms. The van der Waals surface area contributed by atoms with Gasteiger partial charge in [-0.25, -0.2) is 0 Å². The van der Waals surface area contributed by atoms with Crippen LogP contribution in [0.4, 0.5) is 11.4 Å². The number of carbonyl (C=O) groups is 4. The molecule has 248 valence electrons. The Bertz CT molecular complexity index is 1590. The van der Waals surface area contributed by atoms with Crippen LogP contribution in [-0.4, -0.2) is 126 Å². The van der Waals surface area contributed by atoms with Crippen LogP contribution in [0.3, 0.4) is 0 Å². The number of benzene rings is 1. The Balaban J connectivity index is 1.37. The van der Waals surface area contributed by atoms with E-state index in [0.717, 1.165) is 12.8 Å². The van der Waals surface area contributed by atoms with Crippen LogP contribution in [0.1, 0.15) is 35.2 Å². The first-order valence-corrected chi connectivity index (χ1v) is 15.5. The fourth-order valence-corrected chi connectivity index (χ4v) is 8.05. The number of phenolic OH excluding ortho intramolecular Hbond substituents is 1. The number of nitrogens with one attached hydrogen (secondary N) is 1. The summed E-state index contributed by atoms with van der Waals surface area (Å²) in [6, 6.07) is 0.912. The molecule has 0 aromatic heterocycles. The number of primary amides is 1. The Morgan fingerprint density at radius 1 is 1.09 bits per heavy atom. The molecular formula is C32H41N5O9. The van der Waals surface area contributed by atoms with Crippen molar-refractivity contribution in [2.24, 2.45) is 23.5 Å². The van der Waals surface area contributed by atoms with E-state index in [2.05, 4.69) is 10.2 Å². The average molecular weight is 640 g/mol. The second-order valence-electron chi connectivity index (χ2n) is 13.5. The van der Waals surface area contributed by atoms with Crippen LogP contribution in [0.25, 0.3) is 0 Å². The van der Waals surface area contributed by atoms with Crippen LogP contribution in [0, 0.1) is 17.8 Å². The van der Waals surface area contributed by atoms with Gasteiger partial charge in [-0.1, -0.05) is 0 Å². The van der Waals surface area contributed by atoms with Crippen molar-refractivity contribution in [1.29, 1.82) is 0 Å². The van der Waals surface area contributed by atoms with E-state index in [9.17, 15) is 39.6 Å². The van der Waals surface area contributed by atoms with Gasteiger partial charge in [0, 0.05) is 63.6 Å². The molecule has 2 amide bonds. The number of phenols is 1. The molecule has 46 heavy (non-hydrogen) atoms. The highest BCUT2D eigenvalue weighted by Crippen LogP contribution is 2.54. The van der Waals surface area contributed by atoms with Gasteiger partial charge in [0.2, 0.25) is 11.7 Å². The number of carbonyl (C=O) groups excluding carboxylic acids is 4. The second kappa shape index (κ2) is 11.4. The highest BCUT2D eigenvalue weighted by molar-refractivity contribution is 6.25. The lowest BCUT2D eigenvalue weighted by atomic mass is 9.58. The van der Waals surface area contributed by atoms with Gasteiger partial charge in [-0.3, -0.25) is 29.0 Å². The molecule has 5 aliphatic rings. The molecule has 2 fully saturated rings. The van der Waals surface area contributed by atoms with Crippen molar-refractivity contribution in [3.63, 3.8) is 0 Å². The minimum absolute atomic E-state index is 0.0107. The van der Waals surface area contributed by atoms with E-state index in [0.29, 0.717) is 43.6 Å². The monoisotopic (exact) mass is 639 g/mol. The van der Waals surface area contributed by atoms with Gasteiger partial charge in [-0.2, -0.15) is 0 Å². The van der Waals surface area contributed by atoms with Crippen molar-refractivity contribution in [3.8, 4) is 5.75 Å². The van der Waals surface area contributed by atoms with Crippen LogP contribution in [-0.2, 0) is 25.5 Å². The third kappa shape index (κ3) is 4.69. The summed E-state index contributed by atoms with van der Waals surface area (Å²) in [6.45, 7) is 2.54. The average Bonchev–Trinajstić information content (AvgIpc) is 2.95. The summed E-state index contributed by atoms with van der Waals surface area (Å²) >= 11 is 0. The zero-order chi connectivity index (χ0) is 33.4. The predicted molar refractivity (Wildman–Crippen MR) is 166 cm³/mol. The molecule has 0 unspecified atom stereocenters.